The van der Waals surface area contributed by atoms with Gasteiger partial charge in [-0.15, -0.1) is 0 Å². The molecule has 0 aromatic carbocycles. The highest BCUT2D eigenvalue weighted by molar-refractivity contribution is 4.92. The highest BCUT2D eigenvalue weighted by Gasteiger charge is 2.32. The number of hydrogen-bond donors (Lipinski definition) is 3. The summed E-state index contributed by atoms with van der Waals surface area (Å²) in [7, 11) is 0. The maximum Gasteiger partial charge on any atom is 0.0661 e. The molecule has 1 unspecified atom stereocenters. The fourth-order valence-electron chi connectivity index (χ4n) is 1.41. The molecule has 4 N–H and O–H groups in total. The van der Waals surface area contributed by atoms with Crippen molar-refractivity contribution in [2.24, 2.45) is 5.73 Å². The first-order chi connectivity index (χ1) is 5.83. The molecule has 1 saturated heterocycles. The Bertz CT molecular complexity index is 124. The summed E-state index contributed by atoms with van der Waals surface area (Å²) in [4.78, 5) is 0. The van der Waals surface area contributed by atoms with Crippen LogP contribution < -0.4 is 11.1 Å². The van der Waals surface area contributed by atoms with Crippen LogP contribution in [-0.2, 0) is 4.74 Å². The maximum atomic E-state index is 8.59. The van der Waals surface area contributed by atoms with Gasteiger partial charge in [0.25, 0.3) is 0 Å². The van der Waals surface area contributed by atoms with Crippen molar-refractivity contribution in [1.82, 2.24) is 5.32 Å². The number of aliphatic hydroxyl groups excluding tert-OH is 1. The SMILES string of the molecule is NCC1(NCCCO)CCOC1. The summed E-state index contributed by atoms with van der Waals surface area (Å²) in [5, 5.41) is 11.9. The van der Waals surface area contributed by atoms with Gasteiger partial charge in [-0.25, -0.2) is 0 Å². The Balaban J connectivity index is 2.24. The van der Waals surface area contributed by atoms with Crippen LogP contribution in [0.25, 0.3) is 0 Å². The van der Waals surface area contributed by atoms with Gasteiger partial charge < -0.3 is 20.9 Å². The topological polar surface area (TPSA) is 67.5 Å². The Morgan fingerprint density at radius 3 is 2.92 bits per heavy atom. The molecule has 1 rings (SSSR count). The summed E-state index contributed by atoms with van der Waals surface area (Å²) in [6, 6.07) is 0. The van der Waals surface area contributed by atoms with Gasteiger partial charge in [-0.05, 0) is 19.4 Å². The lowest BCUT2D eigenvalue weighted by atomic mass is 9.99. The minimum atomic E-state index is -0.0187. The van der Waals surface area contributed by atoms with Gasteiger partial charge in [0.15, 0.2) is 0 Å². The van der Waals surface area contributed by atoms with Crippen molar-refractivity contribution in [2.45, 2.75) is 18.4 Å². The van der Waals surface area contributed by atoms with Gasteiger partial charge >= 0.3 is 0 Å². The highest BCUT2D eigenvalue weighted by atomic mass is 16.5. The number of nitrogens with two attached hydrogens (primary N) is 1. The van der Waals surface area contributed by atoms with E-state index in [0.717, 1.165) is 26.0 Å². The fraction of sp³-hybridized carbons (Fsp3) is 1.00. The van der Waals surface area contributed by atoms with Gasteiger partial charge in [0.2, 0.25) is 0 Å². The predicted molar refractivity (Wildman–Crippen MR) is 46.9 cm³/mol. The van der Waals surface area contributed by atoms with E-state index in [4.69, 9.17) is 15.6 Å². The summed E-state index contributed by atoms with van der Waals surface area (Å²) >= 11 is 0. The van der Waals surface area contributed by atoms with Gasteiger partial charge in [0.1, 0.15) is 0 Å². The predicted octanol–water partition coefficient (Wildman–Crippen LogP) is -0.924. The highest BCUT2D eigenvalue weighted by Crippen LogP contribution is 2.16. The Kier molecular flexibility index (Phi) is 3.94. The third-order valence-electron chi connectivity index (χ3n) is 2.33. The molecule has 0 radical (unpaired) electrons. The van der Waals surface area contributed by atoms with E-state index in [-0.39, 0.29) is 12.1 Å². The molecular formula is C8H18N2O2. The van der Waals surface area contributed by atoms with Crippen molar-refractivity contribution < 1.29 is 9.84 Å². The Morgan fingerprint density at radius 2 is 2.42 bits per heavy atom. The summed E-state index contributed by atoms with van der Waals surface area (Å²) in [6.45, 7) is 3.16. The average molecular weight is 174 g/mol. The van der Waals surface area contributed by atoms with Crippen LogP contribution in [0.2, 0.25) is 0 Å². The first-order valence-corrected chi connectivity index (χ1v) is 4.47. The van der Waals surface area contributed by atoms with Crippen LogP contribution in [0.1, 0.15) is 12.8 Å². The number of hydrogen-bond acceptors (Lipinski definition) is 4. The van der Waals surface area contributed by atoms with Crippen LogP contribution in [0.4, 0.5) is 0 Å². The number of aliphatic hydroxyl groups is 1. The third-order valence-corrected chi connectivity index (χ3v) is 2.33. The second-order valence-corrected chi connectivity index (χ2v) is 3.29. The van der Waals surface area contributed by atoms with Crippen molar-refractivity contribution in [2.75, 3.05) is 32.9 Å². The molecule has 0 amide bonds. The second-order valence-electron chi connectivity index (χ2n) is 3.29. The van der Waals surface area contributed by atoms with Crippen LogP contribution in [0.3, 0.4) is 0 Å². The first-order valence-electron chi connectivity index (χ1n) is 4.47. The number of ether oxygens (including phenoxy) is 1. The molecule has 0 aromatic rings. The monoisotopic (exact) mass is 174 g/mol. The molecule has 1 heterocycles. The van der Waals surface area contributed by atoms with Gasteiger partial charge in [-0.1, -0.05) is 0 Å². The summed E-state index contributed by atoms with van der Waals surface area (Å²) in [5.74, 6) is 0. The minimum absolute atomic E-state index is 0.0187. The lowest BCUT2D eigenvalue weighted by molar-refractivity contribution is 0.167. The molecule has 4 nitrogen and oxygen atoms in total. The van der Waals surface area contributed by atoms with Crippen molar-refractivity contribution in [1.29, 1.82) is 0 Å². The largest absolute Gasteiger partial charge is 0.396 e. The van der Waals surface area contributed by atoms with Gasteiger partial charge in [-0.3, -0.25) is 0 Å². The second kappa shape index (κ2) is 4.77. The molecule has 0 spiro atoms. The third kappa shape index (κ3) is 2.42. The zero-order valence-corrected chi connectivity index (χ0v) is 7.38. The van der Waals surface area contributed by atoms with Gasteiger partial charge in [-0.2, -0.15) is 0 Å². The molecule has 1 aliphatic rings. The number of nitrogens with one attached hydrogen (secondary N) is 1. The van der Waals surface area contributed by atoms with E-state index in [1.165, 1.54) is 0 Å². The molecule has 0 bridgehead atoms. The van der Waals surface area contributed by atoms with E-state index in [1.807, 2.05) is 0 Å². The smallest absolute Gasteiger partial charge is 0.0661 e. The van der Waals surface area contributed by atoms with Crippen LogP contribution in [0, 0.1) is 0 Å². The molecule has 12 heavy (non-hydrogen) atoms. The summed E-state index contributed by atoms with van der Waals surface area (Å²) in [5.41, 5.74) is 5.63. The van der Waals surface area contributed by atoms with Crippen molar-refractivity contribution in [3.8, 4) is 0 Å². The quantitative estimate of drug-likeness (QED) is 0.471. The van der Waals surface area contributed by atoms with Gasteiger partial charge in [0.05, 0.1) is 12.1 Å². The summed E-state index contributed by atoms with van der Waals surface area (Å²) in [6.07, 6.45) is 1.76. The van der Waals surface area contributed by atoms with Crippen LogP contribution in [0.15, 0.2) is 0 Å². The molecule has 72 valence electrons. The van der Waals surface area contributed by atoms with Crippen LogP contribution in [0.5, 0.6) is 0 Å². The first kappa shape index (κ1) is 9.92. The Hall–Kier alpha value is -0.160. The van der Waals surface area contributed by atoms with E-state index in [0.29, 0.717) is 13.2 Å². The van der Waals surface area contributed by atoms with Crippen LogP contribution in [-0.4, -0.2) is 43.6 Å². The van der Waals surface area contributed by atoms with Crippen molar-refractivity contribution in [3.05, 3.63) is 0 Å². The standard InChI is InChI=1S/C8H18N2O2/c9-6-8(2-5-12-7-8)10-3-1-4-11/h10-11H,1-7,9H2. The lowest BCUT2D eigenvalue weighted by Gasteiger charge is -2.26. The fourth-order valence-corrected chi connectivity index (χ4v) is 1.41. The van der Waals surface area contributed by atoms with Crippen LogP contribution >= 0.6 is 0 Å². The van der Waals surface area contributed by atoms with E-state index in [2.05, 4.69) is 5.32 Å². The zero-order chi connectivity index (χ0) is 8.86. The molecule has 0 saturated carbocycles. The molecule has 4 heteroatoms. The van der Waals surface area contributed by atoms with E-state index in [1.54, 1.807) is 0 Å². The minimum Gasteiger partial charge on any atom is -0.396 e. The molecule has 1 atom stereocenters. The zero-order valence-electron chi connectivity index (χ0n) is 7.38. The van der Waals surface area contributed by atoms with Crippen molar-refractivity contribution >= 4 is 0 Å². The van der Waals surface area contributed by atoms with E-state index in [9.17, 15) is 0 Å². The van der Waals surface area contributed by atoms with E-state index < -0.39 is 0 Å². The molecule has 1 fully saturated rings. The maximum absolute atomic E-state index is 8.59. The molecule has 0 aromatic heterocycles. The normalized spacial score (nSPS) is 29.5. The number of rotatable bonds is 5. The Labute approximate surface area is 73.1 Å². The molecular weight excluding hydrogens is 156 g/mol. The molecule has 0 aliphatic carbocycles. The van der Waals surface area contributed by atoms with E-state index >= 15 is 0 Å². The Morgan fingerprint density at radius 1 is 1.58 bits per heavy atom. The average Bonchev–Trinajstić information content (AvgIpc) is 2.55. The van der Waals surface area contributed by atoms with Crippen molar-refractivity contribution in [3.63, 3.8) is 0 Å². The van der Waals surface area contributed by atoms with Gasteiger partial charge in [0, 0.05) is 19.8 Å². The summed E-state index contributed by atoms with van der Waals surface area (Å²) < 4.78 is 5.28. The lowest BCUT2D eigenvalue weighted by Crippen LogP contribution is -2.52. The molecule has 1 aliphatic heterocycles.